The van der Waals surface area contributed by atoms with Gasteiger partial charge >= 0.3 is 0 Å². The quantitative estimate of drug-likeness (QED) is 0.777. The van der Waals surface area contributed by atoms with Gasteiger partial charge in [0.15, 0.2) is 17.5 Å². The molecule has 1 unspecified atom stereocenters. The average molecular weight is 342 g/mol. The van der Waals surface area contributed by atoms with Crippen molar-refractivity contribution in [2.24, 2.45) is 0 Å². The zero-order chi connectivity index (χ0) is 17.4. The van der Waals surface area contributed by atoms with Crippen LogP contribution in [0.15, 0.2) is 36.8 Å². The van der Waals surface area contributed by atoms with Crippen molar-refractivity contribution in [1.29, 1.82) is 0 Å². The van der Waals surface area contributed by atoms with Crippen molar-refractivity contribution in [2.45, 2.75) is 19.0 Å². The van der Waals surface area contributed by atoms with E-state index in [0.717, 1.165) is 6.07 Å². The van der Waals surface area contributed by atoms with Gasteiger partial charge in [-0.05, 0) is 18.1 Å². The molecule has 0 aliphatic carbocycles. The number of halogens is 2. The van der Waals surface area contributed by atoms with Gasteiger partial charge in [0.1, 0.15) is 5.69 Å². The summed E-state index contributed by atoms with van der Waals surface area (Å²) >= 11 is 0. The lowest BCUT2D eigenvalue weighted by molar-refractivity contribution is 0.0894. The maximum absolute atomic E-state index is 13.9. The number of carbonyl (C=O) groups is 1. The highest BCUT2D eigenvalue weighted by Gasteiger charge is 2.30. The summed E-state index contributed by atoms with van der Waals surface area (Å²) in [4.78, 5) is 20.4. The Morgan fingerprint density at radius 1 is 1.20 bits per heavy atom. The Kier molecular flexibility index (Phi) is 3.68. The minimum absolute atomic E-state index is 0.146. The van der Waals surface area contributed by atoms with E-state index in [1.165, 1.54) is 30.7 Å². The van der Waals surface area contributed by atoms with Crippen LogP contribution >= 0.6 is 0 Å². The molecule has 3 heterocycles. The fourth-order valence-electron chi connectivity index (χ4n) is 2.85. The van der Waals surface area contributed by atoms with Gasteiger partial charge in [-0.3, -0.25) is 14.3 Å². The third-order valence-corrected chi connectivity index (χ3v) is 3.98. The summed E-state index contributed by atoms with van der Waals surface area (Å²) in [6.45, 7) is 0.315. The van der Waals surface area contributed by atoms with Crippen LogP contribution < -0.4 is 5.32 Å². The van der Waals surface area contributed by atoms with E-state index in [9.17, 15) is 13.6 Å². The van der Waals surface area contributed by atoms with Gasteiger partial charge in [0, 0.05) is 18.9 Å². The third-order valence-electron chi connectivity index (χ3n) is 3.98. The van der Waals surface area contributed by atoms with Gasteiger partial charge < -0.3 is 5.32 Å². The van der Waals surface area contributed by atoms with Crippen LogP contribution in [-0.4, -0.2) is 36.7 Å². The first-order chi connectivity index (χ1) is 12.1. The van der Waals surface area contributed by atoms with Crippen LogP contribution in [-0.2, 0) is 13.0 Å². The summed E-state index contributed by atoms with van der Waals surface area (Å²) in [6, 6.07) is 3.56. The zero-order valence-corrected chi connectivity index (χ0v) is 12.9. The second-order valence-corrected chi connectivity index (χ2v) is 5.64. The summed E-state index contributed by atoms with van der Waals surface area (Å²) in [5.41, 5.74) is 0.675. The van der Waals surface area contributed by atoms with Crippen LogP contribution in [0.5, 0.6) is 0 Å². The smallest absolute Gasteiger partial charge is 0.289 e. The molecule has 7 nitrogen and oxygen atoms in total. The highest BCUT2D eigenvalue weighted by Crippen LogP contribution is 2.21. The van der Waals surface area contributed by atoms with Gasteiger partial charge in [0.25, 0.3) is 5.91 Å². The van der Waals surface area contributed by atoms with Crippen molar-refractivity contribution >= 4 is 5.91 Å². The van der Waals surface area contributed by atoms with Crippen LogP contribution in [0.25, 0.3) is 11.5 Å². The predicted molar refractivity (Wildman–Crippen MR) is 82.4 cm³/mol. The Balaban J connectivity index is 1.65. The Morgan fingerprint density at radius 3 is 2.84 bits per heavy atom. The van der Waals surface area contributed by atoms with E-state index in [1.807, 2.05) is 0 Å². The number of fused-ring (bicyclic) bond motifs is 1. The molecule has 2 aromatic heterocycles. The fraction of sp³-hybridized carbons (Fsp3) is 0.188. The molecule has 1 amide bonds. The van der Waals surface area contributed by atoms with Gasteiger partial charge in [-0.15, -0.1) is 10.2 Å². The van der Waals surface area contributed by atoms with E-state index in [-0.39, 0.29) is 17.8 Å². The maximum Gasteiger partial charge on any atom is 0.289 e. The van der Waals surface area contributed by atoms with E-state index in [1.54, 1.807) is 4.57 Å². The molecular formula is C16H12F2N6O. The summed E-state index contributed by atoms with van der Waals surface area (Å²) < 4.78 is 28.9. The first-order valence-electron chi connectivity index (χ1n) is 7.57. The minimum Gasteiger partial charge on any atom is -0.344 e. The molecule has 1 N–H and O–H groups in total. The second kappa shape index (κ2) is 6.00. The SMILES string of the molecule is O=C1NC(Cc2cccc(F)c2F)Cn2c1nnc2-c1cnccn1. The second-order valence-electron chi connectivity index (χ2n) is 5.64. The van der Waals surface area contributed by atoms with Crippen LogP contribution in [0.4, 0.5) is 8.78 Å². The molecule has 0 saturated carbocycles. The first kappa shape index (κ1) is 15.3. The molecule has 1 aliphatic heterocycles. The molecule has 0 fully saturated rings. The van der Waals surface area contributed by atoms with Gasteiger partial charge in [0.2, 0.25) is 5.82 Å². The molecule has 1 atom stereocenters. The number of benzene rings is 1. The number of nitrogens with zero attached hydrogens (tertiary/aromatic N) is 5. The molecule has 0 saturated heterocycles. The lowest BCUT2D eigenvalue weighted by Gasteiger charge is -2.25. The normalized spacial score (nSPS) is 16.4. The van der Waals surface area contributed by atoms with E-state index in [2.05, 4.69) is 25.5 Å². The van der Waals surface area contributed by atoms with Gasteiger partial charge in [-0.2, -0.15) is 0 Å². The Labute approximate surface area is 140 Å². The number of carbonyl (C=O) groups excluding carboxylic acids is 1. The van der Waals surface area contributed by atoms with Gasteiger partial charge in [-0.25, -0.2) is 13.8 Å². The maximum atomic E-state index is 13.9. The summed E-state index contributed by atoms with van der Waals surface area (Å²) in [5, 5.41) is 10.6. The molecule has 1 aliphatic rings. The Hall–Kier alpha value is -3.23. The molecule has 25 heavy (non-hydrogen) atoms. The summed E-state index contributed by atoms with van der Waals surface area (Å²) in [5.74, 6) is -1.68. The fourth-order valence-corrected chi connectivity index (χ4v) is 2.85. The topological polar surface area (TPSA) is 85.6 Å². The predicted octanol–water partition coefficient (Wildman–Crippen LogP) is 1.37. The number of amides is 1. The van der Waals surface area contributed by atoms with Crippen molar-refractivity contribution in [3.63, 3.8) is 0 Å². The van der Waals surface area contributed by atoms with Crippen LogP contribution in [0.3, 0.4) is 0 Å². The molecule has 9 heteroatoms. The van der Waals surface area contributed by atoms with Crippen molar-refractivity contribution in [1.82, 2.24) is 30.0 Å². The zero-order valence-electron chi connectivity index (χ0n) is 12.9. The standard InChI is InChI=1S/C16H12F2N6O/c17-11-3-1-2-9(13(11)18)6-10-8-24-14(12-7-19-4-5-20-12)22-23-15(24)16(25)21-10/h1-5,7,10H,6,8H2,(H,21,25). The van der Waals surface area contributed by atoms with Crippen molar-refractivity contribution in [3.8, 4) is 11.5 Å². The van der Waals surface area contributed by atoms with Crippen LogP contribution in [0, 0.1) is 11.6 Å². The van der Waals surface area contributed by atoms with E-state index >= 15 is 0 Å². The van der Waals surface area contributed by atoms with Crippen molar-refractivity contribution in [3.05, 3.63) is 59.8 Å². The molecule has 0 spiro atoms. The summed E-state index contributed by atoms with van der Waals surface area (Å²) in [7, 11) is 0. The molecular weight excluding hydrogens is 330 g/mol. The molecule has 1 aromatic carbocycles. The number of nitrogens with one attached hydrogen (secondary N) is 1. The molecule has 3 aromatic rings. The molecule has 0 radical (unpaired) electrons. The van der Waals surface area contributed by atoms with E-state index in [0.29, 0.717) is 18.1 Å². The average Bonchev–Trinajstić information content (AvgIpc) is 3.04. The summed E-state index contributed by atoms with van der Waals surface area (Å²) in [6.07, 6.45) is 4.70. The minimum atomic E-state index is -0.912. The molecule has 0 bridgehead atoms. The molecule has 4 rings (SSSR count). The monoisotopic (exact) mass is 342 g/mol. The first-order valence-corrected chi connectivity index (χ1v) is 7.57. The number of hydrogen-bond donors (Lipinski definition) is 1. The van der Waals surface area contributed by atoms with Gasteiger partial charge in [0.05, 0.1) is 12.2 Å². The van der Waals surface area contributed by atoms with Crippen LogP contribution in [0.1, 0.15) is 16.2 Å². The van der Waals surface area contributed by atoms with Crippen LogP contribution in [0.2, 0.25) is 0 Å². The van der Waals surface area contributed by atoms with Gasteiger partial charge in [-0.1, -0.05) is 12.1 Å². The number of aromatic nitrogens is 5. The Morgan fingerprint density at radius 2 is 2.04 bits per heavy atom. The highest BCUT2D eigenvalue weighted by atomic mass is 19.2. The van der Waals surface area contributed by atoms with Crippen molar-refractivity contribution < 1.29 is 13.6 Å². The largest absolute Gasteiger partial charge is 0.344 e. The van der Waals surface area contributed by atoms with E-state index in [4.69, 9.17) is 0 Å². The lowest BCUT2D eigenvalue weighted by Crippen LogP contribution is -2.46. The third kappa shape index (κ3) is 2.73. The lowest BCUT2D eigenvalue weighted by atomic mass is 10.0. The Bertz CT molecular complexity index is 943. The van der Waals surface area contributed by atoms with E-state index < -0.39 is 23.6 Å². The number of hydrogen-bond acceptors (Lipinski definition) is 5. The van der Waals surface area contributed by atoms with Crippen molar-refractivity contribution in [2.75, 3.05) is 0 Å². The molecule has 126 valence electrons. The number of rotatable bonds is 3. The highest BCUT2D eigenvalue weighted by molar-refractivity contribution is 5.92.